The van der Waals surface area contributed by atoms with Gasteiger partial charge < -0.3 is 5.11 Å². The van der Waals surface area contributed by atoms with Gasteiger partial charge in [0, 0.05) is 30.9 Å². The number of pyridine rings is 1. The van der Waals surface area contributed by atoms with Crippen molar-refractivity contribution in [2.24, 2.45) is 0 Å². The quantitative estimate of drug-likeness (QED) is 0.874. The molecular weight excluding hydrogens is 300 g/mol. The summed E-state index contributed by atoms with van der Waals surface area (Å²) in [4.78, 5) is 16.8. The predicted octanol–water partition coefficient (Wildman–Crippen LogP) is 0.699. The molecule has 0 aliphatic carbocycles. The SMILES string of the molecule is CS(=O)(=O)C1CSCCN1Cc1cccc(C(=O)O)n1. The average Bonchev–Trinajstić information content (AvgIpc) is 2.38. The summed E-state index contributed by atoms with van der Waals surface area (Å²) in [6.07, 6.45) is 1.23. The fraction of sp³-hybridized carbons (Fsp3) is 0.500. The highest BCUT2D eigenvalue weighted by Gasteiger charge is 2.31. The van der Waals surface area contributed by atoms with Gasteiger partial charge in [-0.2, -0.15) is 11.8 Å². The van der Waals surface area contributed by atoms with Crippen LogP contribution in [0.4, 0.5) is 0 Å². The summed E-state index contributed by atoms with van der Waals surface area (Å²) in [6, 6.07) is 4.76. The van der Waals surface area contributed by atoms with Crippen LogP contribution in [0.1, 0.15) is 16.2 Å². The lowest BCUT2D eigenvalue weighted by Crippen LogP contribution is -2.46. The molecule has 1 N–H and O–H groups in total. The molecule has 1 fully saturated rings. The minimum atomic E-state index is -3.16. The van der Waals surface area contributed by atoms with Crippen molar-refractivity contribution in [2.45, 2.75) is 11.9 Å². The summed E-state index contributed by atoms with van der Waals surface area (Å²) in [5.41, 5.74) is 0.551. The Hall–Kier alpha value is -1.12. The van der Waals surface area contributed by atoms with Gasteiger partial charge >= 0.3 is 5.97 Å². The number of hydrogen-bond donors (Lipinski definition) is 1. The molecule has 1 aliphatic rings. The summed E-state index contributed by atoms with van der Waals surface area (Å²) < 4.78 is 23.6. The van der Waals surface area contributed by atoms with E-state index in [4.69, 9.17) is 5.11 Å². The Kier molecular flexibility index (Phi) is 4.66. The first-order valence-corrected chi connectivity index (χ1v) is 9.19. The highest BCUT2D eigenvalue weighted by Crippen LogP contribution is 2.22. The summed E-state index contributed by atoms with van der Waals surface area (Å²) in [6.45, 7) is 1.00. The third-order valence-electron chi connectivity index (χ3n) is 3.08. The van der Waals surface area contributed by atoms with Crippen LogP contribution in [0.25, 0.3) is 0 Å². The molecule has 0 radical (unpaired) electrons. The first kappa shape index (κ1) is 15.3. The van der Waals surface area contributed by atoms with E-state index in [2.05, 4.69) is 4.98 Å². The maximum absolute atomic E-state index is 11.8. The van der Waals surface area contributed by atoms with Gasteiger partial charge in [0.2, 0.25) is 0 Å². The van der Waals surface area contributed by atoms with Crippen LogP contribution < -0.4 is 0 Å². The first-order valence-electron chi connectivity index (χ1n) is 6.08. The molecule has 1 aromatic rings. The molecule has 2 heterocycles. The van der Waals surface area contributed by atoms with Crippen molar-refractivity contribution in [3.05, 3.63) is 29.6 Å². The lowest BCUT2D eigenvalue weighted by molar-refractivity contribution is 0.0690. The van der Waals surface area contributed by atoms with Crippen LogP contribution in [-0.4, -0.2) is 59.1 Å². The van der Waals surface area contributed by atoms with Crippen LogP contribution in [0, 0.1) is 0 Å². The van der Waals surface area contributed by atoms with E-state index in [-0.39, 0.29) is 5.69 Å². The smallest absolute Gasteiger partial charge is 0.354 e. The van der Waals surface area contributed by atoms with E-state index in [9.17, 15) is 13.2 Å². The van der Waals surface area contributed by atoms with Gasteiger partial charge in [0.25, 0.3) is 0 Å². The van der Waals surface area contributed by atoms with E-state index in [0.29, 0.717) is 24.5 Å². The van der Waals surface area contributed by atoms with Gasteiger partial charge in [0.05, 0.1) is 5.69 Å². The Labute approximate surface area is 122 Å². The second-order valence-electron chi connectivity index (χ2n) is 4.65. The van der Waals surface area contributed by atoms with Crippen LogP contribution >= 0.6 is 11.8 Å². The molecule has 0 aromatic carbocycles. The third-order valence-corrected chi connectivity index (χ3v) is 5.76. The number of carboxylic acids is 1. The molecule has 1 atom stereocenters. The van der Waals surface area contributed by atoms with E-state index in [1.54, 1.807) is 23.9 Å². The zero-order chi connectivity index (χ0) is 14.8. The monoisotopic (exact) mass is 316 g/mol. The van der Waals surface area contributed by atoms with Crippen molar-refractivity contribution in [2.75, 3.05) is 24.3 Å². The van der Waals surface area contributed by atoms with Gasteiger partial charge in [0.1, 0.15) is 11.1 Å². The van der Waals surface area contributed by atoms with Crippen molar-refractivity contribution >= 4 is 27.6 Å². The minimum Gasteiger partial charge on any atom is -0.477 e. The molecule has 2 rings (SSSR count). The van der Waals surface area contributed by atoms with Crippen molar-refractivity contribution < 1.29 is 18.3 Å². The zero-order valence-electron chi connectivity index (χ0n) is 11.0. The van der Waals surface area contributed by atoms with Gasteiger partial charge in [0.15, 0.2) is 9.84 Å². The van der Waals surface area contributed by atoms with Gasteiger partial charge in [-0.1, -0.05) is 6.07 Å². The minimum absolute atomic E-state index is 0.0233. The number of sulfone groups is 1. The third kappa shape index (κ3) is 3.71. The number of nitrogens with zero attached hydrogens (tertiary/aromatic N) is 2. The lowest BCUT2D eigenvalue weighted by Gasteiger charge is -2.33. The van der Waals surface area contributed by atoms with E-state index in [0.717, 1.165) is 5.75 Å². The van der Waals surface area contributed by atoms with Crippen molar-refractivity contribution in [1.29, 1.82) is 0 Å². The topological polar surface area (TPSA) is 87.6 Å². The summed E-state index contributed by atoms with van der Waals surface area (Å²) in [5, 5.41) is 8.39. The molecule has 0 spiro atoms. The van der Waals surface area contributed by atoms with Crippen LogP contribution in [0.15, 0.2) is 18.2 Å². The van der Waals surface area contributed by atoms with Crippen molar-refractivity contribution in [3.63, 3.8) is 0 Å². The van der Waals surface area contributed by atoms with Crippen LogP contribution in [0.3, 0.4) is 0 Å². The fourth-order valence-electron chi connectivity index (χ4n) is 2.09. The Morgan fingerprint density at radius 1 is 1.55 bits per heavy atom. The van der Waals surface area contributed by atoms with E-state index in [1.807, 2.05) is 4.90 Å². The standard InChI is InChI=1S/C12H16N2O4S2/c1-20(17,18)11-8-19-6-5-14(11)7-9-3-2-4-10(13-9)12(15)16/h2-4,11H,5-8H2,1H3,(H,15,16). The van der Waals surface area contributed by atoms with E-state index >= 15 is 0 Å². The molecule has 1 aliphatic heterocycles. The van der Waals surface area contributed by atoms with Gasteiger partial charge in [-0.3, -0.25) is 4.90 Å². The molecular formula is C12H16N2O4S2. The first-order chi connectivity index (χ1) is 9.38. The maximum atomic E-state index is 11.8. The molecule has 0 saturated carbocycles. The molecule has 6 nitrogen and oxygen atoms in total. The number of aromatic nitrogens is 1. The second kappa shape index (κ2) is 6.11. The Morgan fingerprint density at radius 2 is 2.30 bits per heavy atom. The largest absolute Gasteiger partial charge is 0.477 e. The van der Waals surface area contributed by atoms with Crippen molar-refractivity contribution in [1.82, 2.24) is 9.88 Å². The number of aromatic carboxylic acids is 1. The van der Waals surface area contributed by atoms with E-state index < -0.39 is 21.2 Å². The molecule has 1 saturated heterocycles. The van der Waals surface area contributed by atoms with E-state index in [1.165, 1.54) is 12.3 Å². The summed E-state index contributed by atoms with van der Waals surface area (Å²) in [5.74, 6) is 0.322. The van der Waals surface area contributed by atoms with Gasteiger partial charge in [-0.15, -0.1) is 0 Å². The normalized spacial score (nSPS) is 20.8. The molecule has 0 bridgehead atoms. The molecule has 20 heavy (non-hydrogen) atoms. The second-order valence-corrected chi connectivity index (χ2v) is 8.00. The highest BCUT2D eigenvalue weighted by atomic mass is 32.2. The Balaban J connectivity index is 2.19. The lowest BCUT2D eigenvalue weighted by atomic mass is 10.3. The zero-order valence-corrected chi connectivity index (χ0v) is 12.7. The summed E-state index contributed by atoms with van der Waals surface area (Å²) >= 11 is 1.62. The fourth-order valence-corrected chi connectivity index (χ4v) is 5.03. The van der Waals surface area contributed by atoms with Crippen LogP contribution in [0.2, 0.25) is 0 Å². The number of hydrogen-bond acceptors (Lipinski definition) is 6. The van der Waals surface area contributed by atoms with Crippen molar-refractivity contribution in [3.8, 4) is 0 Å². The van der Waals surface area contributed by atoms with Crippen LogP contribution in [0.5, 0.6) is 0 Å². The molecule has 8 heteroatoms. The summed E-state index contributed by atoms with van der Waals surface area (Å²) in [7, 11) is -3.16. The average molecular weight is 316 g/mol. The van der Waals surface area contributed by atoms with Gasteiger partial charge in [-0.05, 0) is 12.1 Å². The molecule has 0 amide bonds. The number of carboxylic acid groups (broad SMARTS) is 1. The number of carbonyl (C=O) groups is 1. The molecule has 110 valence electrons. The Morgan fingerprint density at radius 3 is 2.95 bits per heavy atom. The Bertz CT molecular complexity index is 603. The maximum Gasteiger partial charge on any atom is 0.354 e. The number of thioether (sulfide) groups is 1. The van der Waals surface area contributed by atoms with Gasteiger partial charge in [-0.25, -0.2) is 18.2 Å². The predicted molar refractivity (Wildman–Crippen MR) is 77.6 cm³/mol. The highest BCUT2D eigenvalue weighted by molar-refractivity contribution is 8.00. The molecule has 1 aromatic heterocycles. The number of rotatable bonds is 4. The molecule has 1 unspecified atom stereocenters. The van der Waals surface area contributed by atoms with Crippen LogP contribution in [-0.2, 0) is 16.4 Å².